The van der Waals surface area contributed by atoms with Crippen LogP contribution in [0.25, 0.3) is 0 Å². The lowest BCUT2D eigenvalue weighted by atomic mass is 10.2. The molecule has 6 nitrogen and oxygen atoms in total. The molecule has 0 bridgehead atoms. The summed E-state index contributed by atoms with van der Waals surface area (Å²) in [6.07, 6.45) is 2.08. The lowest BCUT2D eigenvalue weighted by Gasteiger charge is -2.32. The van der Waals surface area contributed by atoms with Gasteiger partial charge in [-0.1, -0.05) is 0 Å². The van der Waals surface area contributed by atoms with Crippen molar-refractivity contribution in [1.29, 1.82) is 0 Å². The van der Waals surface area contributed by atoms with Gasteiger partial charge >= 0.3 is 12.0 Å². The molecule has 1 unspecified atom stereocenters. The van der Waals surface area contributed by atoms with E-state index in [1.165, 1.54) is 4.90 Å². The Labute approximate surface area is 114 Å². The van der Waals surface area contributed by atoms with Crippen molar-refractivity contribution in [3.8, 4) is 0 Å². The Hall–Kier alpha value is -1.30. The first-order valence-corrected chi connectivity index (χ1v) is 6.84. The standard InChI is InChI=1S/C13H24N2O4/c1-4-14(8-11-6-5-7-19-11)13(18)15(10(2)3)9-12(16)17/h10-11H,4-9H2,1-3H3,(H,16,17). The van der Waals surface area contributed by atoms with E-state index in [9.17, 15) is 9.59 Å². The summed E-state index contributed by atoms with van der Waals surface area (Å²) < 4.78 is 5.53. The van der Waals surface area contributed by atoms with Gasteiger partial charge in [0.1, 0.15) is 6.54 Å². The van der Waals surface area contributed by atoms with E-state index >= 15 is 0 Å². The minimum Gasteiger partial charge on any atom is -0.480 e. The van der Waals surface area contributed by atoms with Gasteiger partial charge in [-0.3, -0.25) is 4.79 Å². The number of urea groups is 1. The number of ether oxygens (including phenoxy) is 1. The maximum atomic E-state index is 12.4. The first-order valence-electron chi connectivity index (χ1n) is 6.84. The van der Waals surface area contributed by atoms with Crippen molar-refractivity contribution in [3.05, 3.63) is 0 Å². The van der Waals surface area contributed by atoms with Gasteiger partial charge in [-0.15, -0.1) is 0 Å². The Kier molecular flexibility index (Phi) is 6.08. The van der Waals surface area contributed by atoms with Gasteiger partial charge < -0.3 is 19.6 Å². The minimum atomic E-state index is -0.991. The largest absolute Gasteiger partial charge is 0.480 e. The maximum absolute atomic E-state index is 12.4. The quantitative estimate of drug-likeness (QED) is 0.793. The number of carboxylic acids is 1. The summed E-state index contributed by atoms with van der Waals surface area (Å²) in [6.45, 7) is 7.12. The van der Waals surface area contributed by atoms with Gasteiger partial charge in [0, 0.05) is 25.7 Å². The van der Waals surface area contributed by atoms with Crippen LogP contribution in [0.3, 0.4) is 0 Å². The van der Waals surface area contributed by atoms with E-state index in [-0.39, 0.29) is 24.7 Å². The molecule has 0 aromatic rings. The number of likely N-dealkylation sites (N-methyl/N-ethyl adjacent to an activating group) is 1. The second-order valence-corrected chi connectivity index (χ2v) is 5.07. The SMILES string of the molecule is CCN(CC1CCCO1)C(=O)N(CC(=O)O)C(C)C. The number of rotatable bonds is 6. The van der Waals surface area contributed by atoms with Crippen LogP contribution in [-0.2, 0) is 9.53 Å². The molecule has 1 rings (SSSR count). The minimum absolute atomic E-state index is 0.0859. The van der Waals surface area contributed by atoms with Crippen LogP contribution in [0.1, 0.15) is 33.6 Å². The van der Waals surface area contributed by atoms with E-state index in [4.69, 9.17) is 9.84 Å². The number of nitrogens with zero attached hydrogens (tertiary/aromatic N) is 2. The van der Waals surface area contributed by atoms with E-state index in [1.807, 2.05) is 20.8 Å². The molecule has 1 aliphatic rings. The fourth-order valence-corrected chi connectivity index (χ4v) is 2.18. The molecule has 1 N–H and O–H groups in total. The summed E-state index contributed by atoms with van der Waals surface area (Å²) in [6, 6.07) is -0.363. The molecule has 0 radical (unpaired) electrons. The first-order chi connectivity index (χ1) is 8.95. The molecular formula is C13H24N2O4. The molecule has 0 spiro atoms. The van der Waals surface area contributed by atoms with E-state index in [2.05, 4.69) is 0 Å². The van der Waals surface area contributed by atoms with Crippen molar-refractivity contribution in [2.75, 3.05) is 26.2 Å². The molecule has 0 aromatic heterocycles. The first kappa shape index (κ1) is 15.8. The highest BCUT2D eigenvalue weighted by Crippen LogP contribution is 2.15. The zero-order chi connectivity index (χ0) is 14.4. The summed E-state index contributed by atoms with van der Waals surface area (Å²) in [7, 11) is 0. The summed E-state index contributed by atoms with van der Waals surface area (Å²) in [5.41, 5.74) is 0. The molecule has 0 saturated carbocycles. The number of amides is 2. The Bertz CT molecular complexity index is 314. The average molecular weight is 272 g/mol. The van der Waals surface area contributed by atoms with E-state index in [1.54, 1.807) is 4.90 Å². The molecule has 1 saturated heterocycles. The third-order valence-electron chi connectivity index (χ3n) is 3.27. The van der Waals surface area contributed by atoms with Gasteiger partial charge in [-0.2, -0.15) is 0 Å². The monoisotopic (exact) mass is 272 g/mol. The van der Waals surface area contributed by atoms with Crippen molar-refractivity contribution >= 4 is 12.0 Å². The van der Waals surface area contributed by atoms with Crippen molar-refractivity contribution in [2.45, 2.75) is 45.8 Å². The van der Waals surface area contributed by atoms with Crippen LogP contribution in [0.4, 0.5) is 4.79 Å². The molecule has 1 fully saturated rings. The molecule has 19 heavy (non-hydrogen) atoms. The van der Waals surface area contributed by atoms with Gasteiger partial charge in [0.15, 0.2) is 0 Å². The Balaban J connectivity index is 2.65. The van der Waals surface area contributed by atoms with Gasteiger partial charge in [0.2, 0.25) is 0 Å². The Morgan fingerprint density at radius 1 is 1.42 bits per heavy atom. The number of hydrogen-bond donors (Lipinski definition) is 1. The van der Waals surface area contributed by atoms with Gasteiger partial charge in [0.25, 0.3) is 0 Å². The van der Waals surface area contributed by atoms with Crippen molar-refractivity contribution in [2.24, 2.45) is 0 Å². The van der Waals surface area contributed by atoms with E-state index < -0.39 is 5.97 Å². The Morgan fingerprint density at radius 3 is 2.53 bits per heavy atom. The van der Waals surface area contributed by atoms with Crippen LogP contribution < -0.4 is 0 Å². The van der Waals surface area contributed by atoms with Crippen LogP contribution in [0.15, 0.2) is 0 Å². The normalized spacial score (nSPS) is 18.6. The lowest BCUT2D eigenvalue weighted by molar-refractivity contribution is -0.138. The molecular weight excluding hydrogens is 248 g/mol. The van der Waals surface area contributed by atoms with Crippen LogP contribution >= 0.6 is 0 Å². The van der Waals surface area contributed by atoms with Crippen LogP contribution in [0.5, 0.6) is 0 Å². The third-order valence-corrected chi connectivity index (χ3v) is 3.27. The maximum Gasteiger partial charge on any atom is 0.323 e. The average Bonchev–Trinajstić information content (AvgIpc) is 2.84. The third kappa shape index (κ3) is 4.70. The summed E-state index contributed by atoms with van der Waals surface area (Å²) in [5, 5.41) is 8.88. The second kappa shape index (κ2) is 7.33. The zero-order valence-electron chi connectivity index (χ0n) is 12.0. The molecule has 1 aliphatic heterocycles. The van der Waals surface area contributed by atoms with Crippen molar-refractivity contribution in [1.82, 2.24) is 9.80 Å². The highest BCUT2D eigenvalue weighted by Gasteiger charge is 2.27. The van der Waals surface area contributed by atoms with E-state index in [0.29, 0.717) is 13.1 Å². The van der Waals surface area contributed by atoms with Gasteiger partial charge in [-0.05, 0) is 33.6 Å². The molecule has 0 aliphatic carbocycles. The summed E-state index contributed by atoms with van der Waals surface area (Å²) >= 11 is 0. The molecule has 0 aromatic carbocycles. The topological polar surface area (TPSA) is 70.1 Å². The van der Waals surface area contributed by atoms with Crippen LogP contribution in [0, 0.1) is 0 Å². The highest BCUT2D eigenvalue weighted by atomic mass is 16.5. The fraction of sp³-hybridized carbons (Fsp3) is 0.846. The summed E-state index contributed by atoms with van der Waals surface area (Å²) in [5.74, 6) is -0.991. The van der Waals surface area contributed by atoms with Gasteiger partial charge in [0.05, 0.1) is 6.10 Å². The molecule has 6 heteroatoms. The van der Waals surface area contributed by atoms with Crippen LogP contribution in [-0.4, -0.2) is 65.3 Å². The molecule has 1 heterocycles. The van der Waals surface area contributed by atoms with Crippen molar-refractivity contribution < 1.29 is 19.4 Å². The van der Waals surface area contributed by atoms with Gasteiger partial charge in [-0.25, -0.2) is 4.79 Å². The number of hydrogen-bond acceptors (Lipinski definition) is 3. The number of carbonyl (C=O) groups excluding carboxylic acids is 1. The fourth-order valence-electron chi connectivity index (χ4n) is 2.18. The predicted octanol–water partition coefficient (Wildman–Crippen LogP) is 1.40. The molecule has 2 amide bonds. The lowest BCUT2D eigenvalue weighted by Crippen LogP contribution is -2.50. The van der Waals surface area contributed by atoms with Crippen LogP contribution in [0.2, 0.25) is 0 Å². The van der Waals surface area contributed by atoms with E-state index in [0.717, 1.165) is 19.4 Å². The summed E-state index contributed by atoms with van der Waals surface area (Å²) in [4.78, 5) is 26.3. The predicted molar refractivity (Wildman–Crippen MR) is 71.1 cm³/mol. The highest BCUT2D eigenvalue weighted by molar-refractivity contribution is 5.80. The number of aliphatic carboxylic acids is 1. The number of carboxylic acid groups (broad SMARTS) is 1. The van der Waals surface area contributed by atoms with Crippen molar-refractivity contribution in [3.63, 3.8) is 0 Å². The molecule has 110 valence electrons. The Morgan fingerprint density at radius 2 is 2.11 bits per heavy atom. The second-order valence-electron chi connectivity index (χ2n) is 5.07. The smallest absolute Gasteiger partial charge is 0.323 e. The molecule has 1 atom stereocenters. The zero-order valence-corrected chi connectivity index (χ0v) is 12.0. The number of carbonyl (C=O) groups is 2.